The molecule has 0 bridgehead atoms. The molecule has 1 N–H and O–H groups in total. The van der Waals surface area contributed by atoms with Crippen LogP contribution in [0.5, 0.6) is 0 Å². The van der Waals surface area contributed by atoms with Crippen LogP contribution >= 0.6 is 0 Å². The number of hydrogen-bond acceptors (Lipinski definition) is 4. The van der Waals surface area contributed by atoms with Crippen LogP contribution in [0.3, 0.4) is 0 Å². The molecule has 3 rings (SSSR count). The van der Waals surface area contributed by atoms with E-state index in [-0.39, 0.29) is 24.9 Å². The van der Waals surface area contributed by atoms with E-state index in [0.717, 1.165) is 4.90 Å². The van der Waals surface area contributed by atoms with Gasteiger partial charge in [0.2, 0.25) is 0 Å². The fourth-order valence-electron chi connectivity index (χ4n) is 2.36. The number of aromatic nitrogens is 2. The van der Waals surface area contributed by atoms with Crippen molar-refractivity contribution in [2.24, 2.45) is 0 Å². The third-order valence-corrected chi connectivity index (χ3v) is 3.53. The van der Waals surface area contributed by atoms with E-state index in [9.17, 15) is 19.2 Å². The average molecular weight is 311 g/mol. The third-order valence-electron chi connectivity index (χ3n) is 3.53. The van der Waals surface area contributed by atoms with Gasteiger partial charge in [-0.3, -0.25) is 28.8 Å². The van der Waals surface area contributed by atoms with E-state index in [4.69, 9.17) is 0 Å². The zero-order valence-corrected chi connectivity index (χ0v) is 12.1. The van der Waals surface area contributed by atoms with Crippen molar-refractivity contribution in [3.63, 3.8) is 0 Å². The number of carbonyl (C=O) groups is 2. The Balaban J connectivity index is 1.67. The summed E-state index contributed by atoms with van der Waals surface area (Å²) in [7, 11) is 0. The van der Waals surface area contributed by atoms with Crippen LogP contribution in [0.25, 0.3) is 0 Å². The minimum atomic E-state index is -0.511. The molecule has 2 heterocycles. The minimum Gasteiger partial charge on any atom is -0.297 e. The quantitative estimate of drug-likeness (QED) is 0.653. The first kappa shape index (κ1) is 14.7. The van der Waals surface area contributed by atoms with Crippen molar-refractivity contribution in [2.45, 2.75) is 6.54 Å². The number of hydrogen-bond donors (Lipinski definition) is 1. The summed E-state index contributed by atoms with van der Waals surface area (Å²) in [6.07, 6.45) is 4.68. The summed E-state index contributed by atoms with van der Waals surface area (Å²) in [5.74, 6) is -0.645. The number of H-pyrrole nitrogens is 1. The topological polar surface area (TPSA) is 92.2 Å². The van der Waals surface area contributed by atoms with Crippen LogP contribution in [0.15, 0.2) is 58.3 Å². The van der Waals surface area contributed by atoms with Gasteiger partial charge in [0.05, 0.1) is 11.1 Å². The van der Waals surface area contributed by atoms with Gasteiger partial charge in [-0.15, -0.1) is 0 Å². The van der Waals surface area contributed by atoms with Gasteiger partial charge in [-0.1, -0.05) is 24.3 Å². The van der Waals surface area contributed by atoms with Crippen LogP contribution in [0.2, 0.25) is 0 Å². The summed E-state index contributed by atoms with van der Waals surface area (Å²) < 4.78 is 1.31. The van der Waals surface area contributed by atoms with Gasteiger partial charge in [0, 0.05) is 25.4 Å². The van der Waals surface area contributed by atoms with E-state index < -0.39 is 11.2 Å². The molecular formula is C16H13N3O4. The summed E-state index contributed by atoms with van der Waals surface area (Å²) in [6.45, 7) is 0.364. The zero-order valence-electron chi connectivity index (χ0n) is 12.1. The maximum absolute atomic E-state index is 12.1. The second kappa shape index (κ2) is 5.88. The predicted molar refractivity (Wildman–Crippen MR) is 82.3 cm³/mol. The number of amides is 2. The Morgan fingerprint density at radius 1 is 0.870 bits per heavy atom. The lowest BCUT2D eigenvalue weighted by Crippen LogP contribution is -2.30. The van der Waals surface area contributed by atoms with Gasteiger partial charge in [0.1, 0.15) is 0 Å². The first-order valence-corrected chi connectivity index (χ1v) is 6.98. The zero-order chi connectivity index (χ0) is 16.4. The number of allylic oxidation sites excluding steroid dienone is 1. The van der Waals surface area contributed by atoms with Crippen LogP contribution < -0.4 is 11.2 Å². The highest BCUT2D eigenvalue weighted by Crippen LogP contribution is 2.21. The number of nitrogens with one attached hydrogen (secondary N) is 1. The molecular weight excluding hydrogens is 298 g/mol. The van der Waals surface area contributed by atoms with Crippen molar-refractivity contribution in [1.82, 2.24) is 14.5 Å². The van der Waals surface area contributed by atoms with Gasteiger partial charge < -0.3 is 0 Å². The lowest BCUT2D eigenvalue weighted by Gasteiger charge is -2.10. The van der Waals surface area contributed by atoms with E-state index >= 15 is 0 Å². The van der Waals surface area contributed by atoms with Crippen molar-refractivity contribution in [3.05, 3.63) is 80.6 Å². The standard InChI is InChI=1S/C16H13N3O4/c20-13-7-10-18(16(23)17-13)8-3-4-9-19-14(21)11-5-1-2-6-12(11)15(19)22/h1-7,10H,8-9H2,(H,17,20,23)/b4-3+. The summed E-state index contributed by atoms with van der Waals surface area (Å²) in [4.78, 5) is 50.0. The summed E-state index contributed by atoms with van der Waals surface area (Å²) in [6, 6.07) is 7.93. The number of aromatic amines is 1. The molecule has 1 aliphatic rings. The first-order valence-electron chi connectivity index (χ1n) is 6.98. The largest absolute Gasteiger partial charge is 0.328 e. The molecule has 0 radical (unpaired) electrons. The Morgan fingerprint density at radius 3 is 2.09 bits per heavy atom. The van der Waals surface area contributed by atoms with Crippen molar-refractivity contribution in [2.75, 3.05) is 6.54 Å². The molecule has 0 spiro atoms. The highest BCUT2D eigenvalue weighted by Gasteiger charge is 2.33. The minimum absolute atomic E-state index is 0.129. The van der Waals surface area contributed by atoms with E-state index in [0.29, 0.717) is 11.1 Å². The number of nitrogens with zero attached hydrogens (tertiary/aromatic N) is 2. The molecule has 2 aromatic rings. The molecule has 7 heteroatoms. The van der Waals surface area contributed by atoms with Gasteiger partial charge in [-0.25, -0.2) is 4.79 Å². The molecule has 2 amide bonds. The number of fused-ring (bicyclic) bond motifs is 1. The van der Waals surface area contributed by atoms with E-state index in [1.807, 2.05) is 0 Å². The van der Waals surface area contributed by atoms with Crippen LogP contribution in [-0.2, 0) is 6.54 Å². The molecule has 0 fully saturated rings. The van der Waals surface area contributed by atoms with E-state index in [2.05, 4.69) is 4.98 Å². The Labute approximate surface area is 130 Å². The molecule has 0 atom stereocenters. The molecule has 1 aromatic heterocycles. The Bertz CT molecular complexity index is 888. The lowest BCUT2D eigenvalue weighted by atomic mass is 10.1. The number of carbonyl (C=O) groups excluding carboxylic acids is 2. The molecule has 0 saturated carbocycles. The molecule has 1 aliphatic heterocycles. The maximum Gasteiger partial charge on any atom is 0.328 e. The monoisotopic (exact) mass is 311 g/mol. The Kier molecular flexibility index (Phi) is 3.76. The SMILES string of the molecule is O=C1c2ccccc2C(=O)N1C/C=C/Cn1ccc(=O)[nH]c1=O. The Hall–Kier alpha value is -3.22. The molecule has 0 aliphatic carbocycles. The molecule has 116 valence electrons. The lowest BCUT2D eigenvalue weighted by molar-refractivity contribution is 0.0672. The molecule has 23 heavy (non-hydrogen) atoms. The molecule has 7 nitrogen and oxygen atoms in total. The van der Waals surface area contributed by atoms with Crippen LogP contribution in [0.1, 0.15) is 20.7 Å². The van der Waals surface area contributed by atoms with E-state index in [1.165, 1.54) is 16.8 Å². The van der Waals surface area contributed by atoms with Gasteiger partial charge in [0.15, 0.2) is 0 Å². The number of rotatable bonds is 4. The number of benzene rings is 1. The van der Waals surface area contributed by atoms with Crippen molar-refractivity contribution in [3.8, 4) is 0 Å². The highest BCUT2D eigenvalue weighted by atomic mass is 16.2. The molecule has 0 unspecified atom stereocenters. The van der Waals surface area contributed by atoms with Gasteiger partial charge in [0.25, 0.3) is 17.4 Å². The Morgan fingerprint density at radius 2 is 1.48 bits per heavy atom. The average Bonchev–Trinajstić information content (AvgIpc) is 2.78. The molecule has 1 aromatic carbocycles. The summed E-state index contributed by atoms with van der Waals surface area (Å²) in [5.41, 5.74) is -0.158. The van der Waals surface area contributed by atoms with Crippen molar-refractivity contribution < 1.29 is 9.59 Å². The maximum atomic E-state index is 12.1. The van der Waals surface area contributed by atoms with Crippen LogP contribution in [0, 0.1) is 0 Å². The second-order valence-corrected chi connectivity index (χ2v) is 5.00. The van der Waals surface area contributed by atoms with Gasteiger partial charge in [-0.2, -0.15) is 0 Å². The fourth-order valence-corrected chi connectivity index (χ4v) is 2.36. The normalized spacial score (nSPS) is 13.8. The number of imide groups is 1. The summed E-state index contributed by atoms with van der Waals surface area (Å²) >= 11 is 0. The first-order chi connectivity index (χ1) is 11.1. The predicted octanol–water partition coefficient (Wildman–Crippen LogP) is 0.389. The van der Waals surface area contributed by atoms with E-state index in [1.54, 1.807) is 36.4 Å². The van der Waals surface area contributed by atoms with Crippen molar-refractivity contribution >= 4 is 11.8 Å². The second-order valence-electron chi connectivity index (χ2n) is 5.00. The van der Waals surface area contributed by atoms with Crippen molar-refractivity contribution in [1.29, 1.82) is 0 Å². The summed E-state index contributed by atoms with van der Waals surface area (Å²) in [5, 5.41) is 0. The van der Waals surface area contributed by atoms with Crippen LogP contribution in [-0.4, -0.2) is 32.8 Å². The van der Waals surface area contributed by atoms with Gasteiger partial charge in [-0.05, 0) is 12.1 Å². The van der Waals surface area contributed by atoms with Crippen LogP contribution in [0.4, 0.5) is 0 Å². The van der Waals surface area contributed by atoms with Gasteiger partial charge >= 0.3 is 5.69 Å². The smallest absolute Gasteiger partial charge is 0.297 e. The highest BCUT2D eigenvalue weighted by molar-refractivity contribution is 6.21. The molecule has 0 saturated heterocycles. The third kappa shape index (κ3) is 2.76. The fraction of sp³-hybridized carbons (Fsp3) is 0.125.